The van der Waals surface area contributed by atoms with Crippen molar-refractivity contribution in [3.05, 3.63) is 0 Å². The van der Waals surface area contributed by atoms with Gasteiger partial charge in [0.15, 0.2) is 0 Å². The van der Waals surface area contributed by atoms with Crippen LogP contribution in [-0.2, 0) is 9.53 Å². The summed E-state index contributed by atoms with van der Waals surface area (Å²) in [7, 11) is 1.86. The normalized spacial score (nSPS) is 52.0. The number of ketones is 1. The first kappa shape index (κ1) is 20.3. The van der Waals surface area contributed by atoms with Crippen LogP contribution in [-0.4, -0.2) is 35.5 Å². The lowest BCUT2D eigenvalue weighted by molar-refractivity contribution is -0.175. The topological polar surface area (TPSA) is 46.5 Å². The highest BCUT2D eigenvalue weighted by atomic mass is 79.9. The summed E-state index contributed by atoms with van der Waals surface area (Å²) >= 11 is 3.43. The maximum atomic E-state index is 12.6. The fourth-order valence-corrected chi connectivity index (χ4v) is 8.80. The van der Waals surface area contributed by atoms with E-state index in [-0.39, 0.29) is 16.7 Å². The van der Waals surface area contributed by atoms with E-state index in [1.165, 1.54) is 32.1 Å². The van der Waals surface area contributed by atoms with E-state index in [0.717, 1.165) is 38.2 Å². The molecule has 0 aliphatic heterocycles. The van der Waals surface area contributed by atoms with E-state index in [1.54, 1.807) is 0 Å². The van der Waals surface area contributed by atoms with Gasteiger partial charge in [0.05, 0.1) is 17.5 Å². The molecule has 8 atom stereocenters. The number of carbonyl (C=O) groups is 1. The Kier molecular flexibility index (Phi) is 5.34. The van der Waals surface area contributed by atoms with Crippen LogP contribution in [0.15, 0.2) is 0 Å². The summed E-state index contributed by atoms with van der Waals surface area (Å²) in [5, 5.41) is 11.2. The molecule has 4 heteroatoms. The maximum Gasteiger partial charge on any atom is 0.147 e. The number of aliphatic hydroxyl groups is 1. The van der Waals surface area contributed by atoms with E-state index in [9.17, 15) is 9.90 Å². The number of rotatable bonds is 4. The summed E-state index contributed by atoms with van der Waals surface area (Å²) < 4.78 is 5.83. The van der Waals surface area contributed by atoms with E-state index in [4.69, 9.17) is 4.74 Å². The highest BCUT2D eigenvalue weighted by molar-refractivity contribution is 9.09. The van der Waals surface area contributed by atoms with Crippen molar-refractivity contribution in [2.24, 2.45) is 40.4 Å². The number of fused-ring (bicyclic) bond motifs is 5. The Labute approximate surface area is 173 Å². The number of hydrogen-bond donors (Lipinski definition) is 1. The number of alkyl halides is 1. The third-order valence-electron chi connectivity index (χ3n) is 9.59. The zero-order valence-electron chi connectivity index (χ0n) is 17.3. The first-order chi connectivity index (χ1) is 12.8. The third kappa shape index (κ3) is 3.08. The lowest BCUT2D eigenvalue weighted by Gasteiger charge is -2.62. The molecule has 1 unspecified atom stereocenters. The van der Waals surface area contributed by atoms with Crippen molar-refractivity contribution >= 4 is 21.7 Å². The van der Waals surface area contributed by atoms with Gasteiger partial charge in [0.1, 0.15) is 5.78 Å². The number of hydrogen-bond acceptors (Lipinski definition) is 3. The predicted molar refractivity (Wildman–Crippen MR) is 111 cm³/mol. The predicted octanol–water partition coefficient (Wildman–Crippen LogP) is 4.99. The molecule has 0 aromatic rings. The molecule has 154 valence electrons. The van der Waals surface area contributed by atoms with Gasteiger partial charge in [0, 0.05) is 13.0 Å². The van der Waals surface area contributed by atoms with Crippen molar-refractivity contribution in [3.8, 4) is 0 Å². The minimum absolute atomic E-state index is 0.202. The van der Waals surface area contributed by atoms with Gasteiger partial charge in [-0.2, -0.15) is 0 Å². The second kappa shape index (κ2) is 7.09. The first-order valence-corrected chi connectivity index (χ1v) is 12.2. The fourth-order valence-electron chi connectivity index (χ4n) is 8.41. The molecule has 27 heavy (non-hydrogen) atoms. The second-order valence-corrected chi connectivity index (χ2v) is 11.4. The molecule has 0 bridgehead atoms. The Morgan fingerprint density at radius 2 is 1.85 bits per heavy atom. The summed E-state index contributed by atoms with van der Waals surface area (Å²) in [6, 6.07) is 0. The van der Waals surface area contributed by atoms with Gasteiger partial charge in [-0.3, -0.25) is 4.79 Å². The molecule has 0 radical (unpaired) electrons. The lowest BCUT2D eigenvalue weighted by atomic mass is 9.43. The van der Waals surface area contributed by atoms with Gasteiger partial charge in [-0.25, -0.2) is 0 Å². The molecule has 4 saturated carbocycles. The molecule has 1 N–H and O–H groups in total. The van der Waals surface area contributed by atoms with E-state index in [0.29, 0.717) is 28.9 Å². The van der Waals surface area contributed by atoms with Gasteiger partial charge < -0.3 is 9.84 Å². The molecule has 0 amide bonds. The van der Waals surface area contributed by atoms with Crippen molar-refractivity contribution in [1.29, 1.82) is 0 Å². The zero-order chi connectivity index (χ0) is 19.4. The number of methoxy groups -OCH3 is 1. The van der Waals surface area contributed by atoms with Crippen LogP contribution >= 0.6 is 15.9 Å². The van der Waals surface area contributed by atoms with Gasteiger partial charge in [-0.05, 0) is 99.2 Å². The van der Waals surface area contributed by atoms with Crippen LogP contribution < -0.4 is 0 Å². The SMILES string of the molecule is COC[C@]12CC[C@@](C)(O)C[C@@H]1CC[C@H]1C3CC[C@H](C(=O)CBr)[C@@]3(C)CC[C@@H]12. The molecule has 0 heterocycles. The molecule has 0 spiro atoms. The Hall–Kier alpha value is 0.0700. The summed E-state index contributed by atoms with van der Waals surface area (Å²) in [5.41, 5.74) is -0.0509. The number of carbonyl (C=O) groups excluding carboxylic acids is 1. The number of halogens is 1. The molecule has 4 aliphatic carbocycles. The molecule has 4 rings (SSSR count). The summed E-state index contributed by atoms with van der Waals surface area (Å²) in [6.45, 7) is 5.30. The number of Topliss-reactive ketones (excluding diaryl/α,β-unsaturated/α-hetero) is 1. The Morgan fingerprint density at radius 3 is 2.56 bits per heavy atom. The first-order valence-electron chi connectivity index (χ1n) is 11.1. The lowest BCUT2D eigenvalue weighted by Crippen LogP contribution is -2.58. The van der Waals surface area contributed by atoms with Crippen LogP contribution in [0.1, 0.15) is 71.6 Å². The monoisotopic (exact) mass is 440 g/mol. The summed E-state index contributed by atoms with van der Waals surface area (Å²) in [6.07, 6.45) is 10.2. The minimum Gasteiger partial charge on any atom is -0.390 e. The third-order valence-corrected chi connectivity index (χ3v) is 10.1. The van der Waals surface area contributed by atoms with Crippen LogP contribution in [0.4, 0.5) is 0 Å². The zero-order valence-corrected chi connectivity index (χ0v) is 18.9. The molecule has 4 fully saturated rings. The van der Waals surface area contributed by atoms with Gasteiger partial charge in [0.25, 0.3) is 0 Å². The van der Waals surface area contributed by atoms with E-state index < -0.39 is 5.60 Å². The second-order valence-electron chi connectivity index (χ2n) is 10.8. The largest absolute Gasteiger partial charge is 0.390 e. The smallest absolute Gasteiger partial charge is 0.147 e. The molecule has 0 aromatic heterocycles. The van der Waals surface area contributed by atoms with Crippen molar-refractivity contribution in [2.75, 3.05) is 19.0 Å². The number of ether oxygens (including phenoxy) is 1. The Bertz CT molecular complexity index is 590. The Balaban J connectivity index is 1.63. The molecular weight excluding hydrogens is 404 g/mol. The minimum atomic E-state index is -0.501. The van der Waals surface area contributed by atoms with Crippen LogP contribution in [0.5, 0.6) is 0 Å². The molecular formula is C23H37BrO3. The average Bonchev–Trinajstić information content (AvgIpc) is 2.98. The van der Waals surface area contributed by atoms with Crippen molar-refractivity contribution < 1.29 is 14.6 Å². The highest BCUT2D eigenvalue weighted by Crippen LogP contribution is 2.68. The molecule has 0 saturated heterocycles. The summed E-state index contributed by atoms with van der Waals surface area (Å²) in [5.74, 6) is 3.42. The van der Waals surface area contributed by atoms with Gasteiger partial charge in [0.2, 0.25) is 0 Å². The van der Waals surface area contributed by atoms with Gasteiger partial charge >= 0.3 is 0 Å². The van der Waals surface area contributed by atoms with Gasteiger partial charge in [-0.1, -0.05) is 22.9 Å². The Morgan fingerprint density at radius 1 is 1.07 bits per heavy atom. The van der Waals surface area contributed by atoms with Crippen LogP contribution in [0.2, 0.25) is 0 Å². The highest BCUT2D eigenvalue weighted by Gasteiger charge is 2.62. The van der Waals surface area contributed by atoms with E-state index in [1.807, 2.05) is 14.0 Å². The van der Waals surface area contributed by atoms with Crippen LogP contribution in [0.25, 0.3) is 0 Å². The van der Waals surface area contributed by atoms with E-state index >= 15 is 0 Å². The fraction of sp³-hybridized carbons (Fsp3) is 0.957. The molecule has 0 aromatic carbocycles. The average molecular weight is 441 g/mol. The molecule has 4 aliphatic rings. The summed E-state index contributed by atoms with van der Waals surface area (Å²) in [4.78, 5) is 12.6. The van der Waals surface area contributed by atoms with Crippen LogP contribution in [0.3, 0.4) is 0 Å². The van der Waals surface area contributed by atoms with Gasteiger partial charge in [-0.15, -0.1) is 0 Å². The van der Waals surface area contributed by atoms with E-state index in [2.05, 4.69) is 22.9 Å². The van der Waals surface area contributed by atoms with Crippen molar-refractivity contribution in [2.45, 2.75) is 77.2 Å². The van der Waals surface area contributed by atoms with Crippen molar-refractivity contribution in [3.63, 3.8) is 0 Å². The maximum absolute atomic E-state index is 12.6. The molecule has 3 nitrogen and oxygen atoms in total. The quantitative estimate of drug-likeness (QED) is 0.626. The standard InChI is InChI=1S/C23H37BrO3/c1-21(26)10-11-23(14-27-3)15(12-21)4-5-16-17-6-7-19(20(25)13-24)22(17,2)9-8-18(16)23/h15-19,26H,4-14H2,1-3H3/t15-,16-,17?,18-,19+,21+,22-,23+/m0/s1. The van der Waals surface area contributed by atoms with Crippen LogP contribution in [0, 0.1) is 40.4 Å². The van der Waals surface area contributed by atoms with Crippen molar-refractivity contribution in [1.82, 2.24) is 0 Å².